The molecule has 0 unspecified atom stereocenters. The summed E-state index contributed by atoms with van der Waals surface area (Å²) in [5, 5.41) is 7.30. The highest BCUT2D eigenvalue weighted by atomic mass is 16.5. The number of nitrogens with one attached hydrogen (secondary N) is 1. The lowest BCUT2D eigenvalue weighted by atomic mass is 10.1. The number of para-hydroxylation sites is 1. The van der Waals surface area contributed by atoms with E-state index in [1.807, 2.05) is 30.3 Å². The predicted molar refractivity (Wildman–Crippen MR) is 112 cm³/mol. The van der Waals surface area contributed by atoms with E-state index in [9.17, 15) is 4.79 Å². The van der Waals surface area contributed by atoms with Gasteiger partial charge in [0.1, 0.15) is 0 Å². The first kappa shape index (κ1) is 21.2. The number of nitrogens with zero attached hydrogens (tertiary/aromatic N) is 2. The van der Waals surface area contributed by atoms with Gasteiger partial charge in [-0.1, -0.05) is 18.2 Å². The van der Waals surface area contributed by atoms with Crippen LogP contribution in [0.15, 0.2) is 48.7 Å². The maximum atomic E-state index is 12.9. The molecular formula is C22H25N3O5. The fourth-order valence-corrected chi connectivity index (χ4v) is 3.15. The molecule has 0 aliphatic heterocycles. The van der Waals surface area contributed by atoms with Crippen molar-refractivity contribution >= 4 is 5.91 Å². The summed E-state index contributed by atoms with van der Waals surface area (Å²) < 4.78 is 23.1. The second kappa shape index (κ2) is 9.80. The summed E-state index contributed by atoms with van der Waals surface area (Å²) >= 11 is 0. The number of ether oxygens (including phenoxy) is 4. The molecule has 1 amide bonds. The van der Waals surface area contributed by atoms with E-state index in [-0.39, 0.29) is 19.1 Å². The molecule has 30 heavy (non-hydrogen) atoms. The molecular weight excluding hydrogens is 386 g/mol. The van der Waals surface area contributed by atoms with E-state index in [1.54, 1.807) is 51.5 Å². The third-order valence-corrected chi connectivity index (χ3v) is 4.57. The summed E-state index contributed by atoms with van der Waals surface area (Å²) in [7, 11) is 6.23. The quantitative estimate of drug-likeness (QED) is 0.583. The molecule has 0 radical (unpaired) electrons. The Morgan fingerprint density at radius 3 is 2.23 bits per heavy atom. The number of rotatable bonds is 9. The van der Waals surface area contributed by atoms with Gasteiger partial charge in [-0.05, 0) is 29.8 Å². The lowest BCUT2D eigenvalue weighted by Crippen LogP contribution is -2.24. The number of carbonyl (C=O) groups is 1. The van der Waals surface area contributed by atoms with Gasteiger partial charge in [-0.3, -0.25) is 4.79 Å². The molecule has 0 bridgehead atoms. The standard InChI is InChI=1S/C22H25N3O5/c1-27-14-18-17(13-24-25(18)16-8-6-5-7-9-16)22(26)23-12-15-10-19(28-2)21(30-4)20(11-15)29-3/h5-11,13H,12,14H2,1-4H3,(H,23,26). The van der Waals surface area contributed by atoms with Crippen molar-refractivity contribution in [1.82, 2.24) is 15.1 Å². The maximum Gasteiger partial charge on any atom is 0.255 e. The van der Waals surface area contributed by atoms with E-state index in [1.165, 1.54) is 0 Å². The topological polar surface area (TPSA) is 83.8 Å². The predicted octanol–water partition coefficient (Wildman–Crippen LogP) is 2.97. The second-order valence-corrected chi connectivity index (χ2v) is 6.40. The van der Waals surface area contributed by atoms with Crippen LogP contribution in [0.5, 0.6) is 17.2 Å². The normalized spacial score (nSPS) is 10.5. The van der Waals surface area contributed by atoms with Crippen LogP contribution in [-0.4, -0.2) is 44.1 Å². The highest BCUT2D eigenvalue weighted by Gasteiger charge is 2.19. The van der Waals surface area contributed by atoms with E-state index >= 15 is 0 Å². The molecule has 0 aliphatic rings. The summed E-state index contributed by atoms with van der Waals surface area (Å²) in [6.07, 6.45) is 1.55. The Labute approximate surface area is 175 Å². The summed E-state index contributed by atoms with van der Waals surface area (Å²) in [4.78, 5) is 12.9. The SMILES string of the molecule is COCc1c(C(=O)NCc2cc(OC)c(OC)c(OC)c2)cnn1-c1ccccc1. The zero-order valence-corrected chi connectivity index (χ0v) is 17.5. The van der Waals surface area contributed by atoms with E-state index in [4.69, 9.17) is 18.9 Å². The average Bonchev–Trinajstić information content (AvgIpc) is 3.21. The first-order valence-electron chi connectivity index (χ1n) is 9.31. The Bertz CT molecular complexity index is 976. The van der Waals surface area contributed by atoms with E-state index < -0.39 is 0 Å². The van der Waals surface area contributed by atoms with Gasteiger partial charge in [0.25, 0.3) is 5.91 Å². The lowest BCUT2D eigenvalue weighted by molar-refractivity contribution is 0.0945. The summed E-state index contributed by atoms with van der Waals surface area (Å²) in [6.45, 7) is 0.528. The van der Waals surface area contributed by atoms with Gasteiger partial charge in [0.05, 0.1) is 51.1 Å². The van der Waals surface area contributed by atoms with Crippen molar-refractivity contribution in [3.8, 4) is 22.9 Å². The van der Waals surface area contributed by atoms with Crippen molar-refractivity contribution < 1.29 is 23.7 Å². The molecule has 0 fully saturated rings. The number of hydrogen-bond acceptors (Lipinski definition) is 6. The fraction of sp³-hybridized carbons (Fsp3) is 0.273. The molecule has 3 rings (SSSR count). The average molecular weight is 411 g/mol. The van der Waals surface area contributed by atoms with Crippen molar-refractivity contribution in [2.45, 2.75) is 13.2 Å². The van der Waals surface area contributed by atoms with Crippen LogP contribution < -0.4 is 19.5 Å². The van der Waals surface area contributed by atoms with Crippen LogP contribution in [0.2, 0.25) is 0 Å². The first-order chi connectivity index (χ1) is 14.6. The summed E-state index contributed by atoms with van der Waals surface area (Å²) in [5.74, 6) is 1.30. The van der Waals surface area contributed by atoms with E-state index in [0.29, 0.717) is 28.5 Å². The van der Waals surface area contributed by atoms with Crippen molar-refractivity contribution in [3.05, 3.63) is 65.5 Å². The highest BCUT2D eigenvalue weighted by Crippen LogP contribution is 2.38. The molecule has 1 N–H and O–H groups in total. The zero-order valence-electron chi connectivity index (χ0n) is 17.5. The Morgan fingerprint density at radius 2 is 1.67 bits per heavy atom. The third-order valence-electron chi connectivity index (χ3n) is 4.57. The van der Waals surface area contributed by atoms with Gasteiger partial charge in [0, 0.05) is 13.7 Å². The number of methoxy groups -OCH3 is 4. The van der Waals surface area contributed by atoms with Crippen molar-refractivity contribution in [1.29, 1.82) is 0 Å². The Hall–Kier alpha value is -3.52. The lowest BCUT2D eigenvalue weighted by Gasteiger charge is -2.14. The molecule has 2 aromatic carbocycles. The molecule has 0 saturated carbocycles. The van der Waals surface area contributed by atoms with Gasteiger partial charge >= 0.3 is 0 Å². The minimum absolute atomic E-state index is 0.252. The summed E-state index contributed by atoms with van der Waals surface area (Å²) in [6, 6.07) is 13.2. The summed E-state index contributed by atoms with van der Waals surface area (Å²) in [5.41, 5.74) is 2.79. The first-order valence-corrected chi connectivity index (χ1v) is 9.31. The molecule has 1 aromatic heterocycles. The smallest absolute Gasteiger partial charge is 0.255 e. The molecule has 1 heterocycles. The Morgan fingerprint density at radius 1 is 1.00 bits per heavy atom. The Balaban J connectivity index is 1.83. The number of aromatic nitrogens is 2. The van der Waals surface area contributed by atoms with Crippen molar-refractivity contribution in [2.24, 2.45) is 0 Å². The second-order valence-electron chi connectivity index (χ2n) is 6.40. The maximum absolute atomic E-state index is 12.9. The van der Waals surface area contributed by atoms with Crippen LogP contribution in [0.4, 0.5) is 0 Å². The van der Waals surface area contributed by atoms with Crippen LogP contribution >= 0.6 is 0 Å². The van der Waals surface area contributed by atoms with Gasteiger partial charge in [-0.2, -0.15) is 5.10 Å². The van der Waals surface area contributed by atoms with Crippen LogP contribution in [0.25, 0.3) is 5.69 Å². The molecule has 8 nitrogen and oxygen atoms in total. The van der Waals surface area contributed by atoms with Gasteiger partial charge < -0.3 is 24.3 Å². The van der Waals surface area contributed by atoms with Crippen LogP contribution in [-0.2, 0) is 17.9 Å². The number of amides is 1. The monoisotopic (exact) mass is 411 g/mol. The molecule has 0 spiro atoms. The molecule has 158 valence electrons. The van der Waals surface area contributed by atoms with Crippen molar-refractivity contribution in [3.63, 3.8) is 0 Å². The van der Waals surface area contributed by atoms with Crippen LogP contribution in [0.1, 0.15) is 21.6 Å². The minimum Gasteiger partial charge on any atom is -0.493 e. The largest absolute Gasteiger partial charge is 0.493 e. The number of benzene rings is 2. The zero-order chi connectivity index (χ0) is 21.5. The van der Waals surface area contributed by atoms with Gasteiger partial charge in [-0.25, -0.2) is 4.68 Å². The van der Waals surface area contributed by atoms with Gasteiger partial charge in [0.15, 0.2) is 11.5 Å². The number of carbonyl (C=O) groups excluding carboxylic acids is 1. The fourth-order valence-electron chi connectivity index (χ4n) is 3.15. The highest BCUT2D eigenvalue weighted by molar-refractivity contribution is 5.95. The van der Waals surface area contributed by atoms with Crippen molar-refractivity contribution in [2.75, 3.05) is 28.4 Å². The minimum atomic E-state index is -0.252. The molecule has 0 saturated heterocycles. The van der Waals surface area contributed by atoms with E-state index in [2.05, 4.69) is 10.4 Å². The molecule has 8 heteroatoms. The molecule has 0 atom stereocenters. The van der Waals surface area contributed by atoms with Crippen LogP contribution in [0, 0.1) is 0 Å². The third kappa shape index (κ3) is 4.38. The molecule has 0 aliphatic carbocycles. The molecule has 3 aromatic rings. The number of hydrogen-bond donors (Lipinski definition) is 1. The van der Waals surface area contributed by atoms with Gasteiger partial charge in [0.2, 0.25) is 5.75 Å². The Kier molecular flexibility index (Phi) is 6.92. The van der Waals surface area contributed by atoms with Gasteiger partial charge in [-0.15, -0.1) is 0 Å². The van der Waals surface area contributed by atoms with E-state index in [0.717, 1.165) is 11.3 Å². The van der Waals surface area contributed by atoms with Crippen LogP contribution in [0.3, 0.4) is 0 Å².